The van der Waals surface area contributed by atoms with Crippen LogP contribution in [0.25, 0.3) is 0 Å². The first-order chi connectivity index (χ1) is 7.84. The molecule has 0 aliphatic carbocycles. The van der Waals surface area contributed by atoms with Gasteiger partial charge in [0.25, 0.3) is 0 Å². The van der Waals surface area contributed by atoms with Crippen LogP contribution in [0.4, 0.5) is 5.69 Å². The number of hydrazine groups is 1. The Balaban J connectivity index is 1.85. The summed E-state index contributed by atoms with van der Waals surface area (Å²) < 4.78 is 0. The van der Waals surface area contributed by atoms with Crippen molar-refractivity contribution in [3.63, 3.8) is 0 Å². The molecule has 2 nitrogen and oxygen atoms in total. The summed E-state index contributed by atoms with van der Waals surface area (Å²) in [6.07, 6.45) is 0. The smallest absolute Gasteiger partial charge is 0.0487 e. The van der Waals surface area contributed by atoms with E-state index in [-0.39, 0.29) is 0 Å². The topological polar surface area (TPSA) is 24.1 Å². The highest BCUT2D eigenvalue weighted by Gasteiger charge is 1.93. The van der Waals surface area contributed by atoms with Gasteiger partial charge >= 0.3 is 0 Å². The van der Waals surface area contributed by atoms with Crippen LogP contribution < -0.4 is 10.9 Å². The summed E-state index contributed by atoms with van der Waals surface area (Å²) in [6, 6.07) is 17.8. The first kappa shape index (κ1) is 11.0. The lowest BCUT2D eigenvalue weighted by Gasteiger charge is -2.08. The van der Waals surface area contributed by atoms with Crippen LogP contribution in [0.2, 0.25) is 5.02 Å². The highest BCUT2D eigenvalue weighted by Crippen LogP contribution is 2.10. The van der Waals surface area contributed by atoms with E-state index in [1.807, 2.05) is 54.6 Å². The van der Waals surface area contributed by atoms with Crippen molar-refractivity contribution >= 4 is 17.3 Å². The van der Waals surface area contributed by atoms with Crippen molar-refractivity contribution in [1.29, 1.82) is 0 Å². The van der Waals surface area contributed by atoms with Crippen molar-refractivity contribution in [2.24, 2.45) is 0 Å². The summed E-state index contributed by atoms with van der Waals surface area (Å²) in [5, 5.41) is 0.763. The Morgan fingerprint density at radius 2 is 1.75 bits per heavy atom. The summed E-state index contributed by atoms with van der Waals surface area (Å²) >= 11 is 5.89. The van der Waals surface area contributed by atoms with Gasteiger partial charge in [0.05, 0.1) is 0 Å². The molecule has 0 bridgehead atoms. The molecule has 82 valence electrons. The summed E-state index contributed by atoms with van der Waals surface area (Å²) in [5.74, 6) is 0. The van der Waals surface area contributed by atoms with Crippen molar-refractivity contribution in [3.05, 3.63) is 65.2 Å². The molecule has 0 aromatic heterocycles. The van der Waals surface area contributed by atoms with Crippen LogP contribution in [0.15, 0.2) is 54.6 Å². The van der Waals surface area contributed by atoms with E-state index < -0.39 is 0 Å². The van der Waals surface area contributed by atoms with Gasteiger partial charge in [-0.05, 0) is 29.8 Å². The Kier molecular flexibility index (Phi) is 3.81. The predicted octanol–water partition coefficient (Wildman–Crippen LogP) is 3.46. The summed E-state index contributed by atoms with van der Waals surface area (Å²) in [7, 11) is 0. The number of anilines is 1. The summed E-state index contributed by atoms with van der Waals surface area (Å²) in [6.45, 7) is 0.732. The van der Waals surface area contributed by atoms with Gasteiger partial charge < -0.3 is 5.43 Å². The van der Waals surface area contributed by atoms with E-state index in [4.69, 9.17) is 11.6 Å². The fourth-order valence-corrected chi connectivity index (χ4v) is 1.63. The standard InChI is InChI=1S/C13H13ClN2/c14-12-6-4-5-11(9-12)10-15-16-13-7-2-1-3-8-13/h1-9,15-16H,10H2. The maximum absolute atomic E-state index is 5.89. The monoisotopic (exact) mass is 232 g/mol. The average Bonchev–Trinajstić information content (AvgIpc) is 2.30. The number of hydrogen-bond acceptors (Lipinski definition) is 2. The lowest BCUT2D eigenvalue weighted by Crippen LogP contribution is -2.20. The van der Waals surface area contributed by atoms with Gasteiger partial charge in [0.2, 0.25) is 0 Å². The summed E-state index contributed by atoms with van der Waals surface area (Å²) in [5.41, 5.74) is 8.45. The zero-order valence-electron chi connectivity index (χ0n) is 8.78. The molecule has 0 amide bonds. The van der Waals surface area contributed by atoms with Crippen LogP contribution in [0, 0.1) is 0 Å². The van der Waals surface area contributed by atoms with Crippen LogP contribution in [0.1, 0.15) is 5.56 Å². The van der Waals surface area contributed by atoms with Gasteiger partial charge in [0.15, 0.2) is 0 Å². The highest BCUT2D eigenvalue weighted by atomic mass is 35.5. The Bertz CT molecular complexity index is 443. The molecule has 0 unspecified atom stereocenters. The molecule has 0 heterocycles. The van der Waals surface area contributed by atoms with Crippen molar-refractivity contribution in [3.8, 4) is 0 Å². The Labute approximate surface area is 100 Å². The fourth-order valence-electron chi connectivity index (χ4n) is 1.42. The minimum absolute atomic E-state index is 0.732. The number of rotatable bonds is 4. The van der Waals surface area contributed by atoms with Gasteiger partial charge in [0, 0.05) is 17.3 Å². The number of hydrogen-bond donors (Lipinski definition) is 2. The van der Waals surface area contributed by atoms with Gasteiger partial charge in [-0.3, -0.25) is 0 Å². The molecule has 2 aromatic carbocycles. The molecular weight excluding hydrogens is 220 g/mol. The third-order valence-electron chi connectivity index (χ3n) is 2.19. The van der Waals surface area contributed by atoms with Gasteiger partial charge in [0.1, 0.15) is 0 Å². The van der Waals surface area contributed by atoms with Crippen LogP contribution in [-0.4, -0.2) is 0 Å². The molecule has 2 rings (SSSR count). The van der Waals surface area contributed by atoms with E-state index in [1.54, 1.807) is 0 Å². The maximum atomic E-state index is 5.89. The molecule has 0 aliphatic rings. The molecule has 0 radical (unpaired) electrons. The Hall–Kier alpha value is -1.51. The maximum Gasteiger partial charge on any atom is 0.0487 e. The van der Waals surface area contributed by atoms with Gasteiger partial charge in [-0.25, -0.2) is 5.43 Å². The van der Waals surface area contributed by atoms with E-state index in [2.05, 4.69) is 10.9 Å². The SMILES string of the molecule is Clc1cccc(CNNc2ccccc2)c1. The molecule has 0 spiro atoms. The molecule has 0 fully saturated rings. The predicted molar refractivity (Wildman–Crippen MR) is 68.4 cm³/mol. The first-order valence-electron chi connectivity index (χ1n) is 5.13. The van der Waals surface area contributed by atoms with Crippen molar-refractivity contribution < 1.29 is 0 Å². The third kappa shape index (κ3) is 3.26. The van der Waals surface area contributed by atoms with Crippen LogP contribution in [-0.2, 0) is 6.54 Å². The quantitative estimate of drug-likeness (QED) is 0.789. The minimum atomic E-state index is 0.732. The number of para-hydroxylation sites is 1. The van der Waals surface area contributed by atoms with Crippen molar-refractivity contribution in [2.45, 2.75) is 6.54 Å². The second kappa shape index (κ2) is 5.54. The zero-order chi connectivity index (χ0) is 11.2. The molecule has 0 saturated carbocycles. The lowest BCUT2D eigenvalue weighted by atomic mass is 10.2. The van der Waals surface area contributed by atoms with E-state index >= 15 is 0 Å². The van der Waals surface area contributed by atoms with E-state index in [9.17, 15) is 0 Å². The summed E-state index contributed by atoms with van der Waals surface area (Å²) in [4.78, 5) is 0. The highest BCUT2D eigenvalue weighted by molar-refractivity contribution is 6.30. The molecule has 2 aromatic rings. The Morgan fingerprint density at radius 1 is 0.938 bits per heavy atom. The fraction of sp³-hybridized carbons (Fsp3) is 0.0769. The molecular formula is C13H13ClN2. The second-order valence-corrected chi connectivity index (χ2v) is 3.91. The first-order valence-corrected chi connectivity index (χ1v) is 5.51. The van der Waals surface area contributed by atoms with E-state index in [0.717, 1.165) is 22.8 Å². The van der Waals surface area contributed by atoms with Gasteiger partial charge in [-0.15, -0.1) is 0 Å². The largest absolute Gasteiger partial charge is 0.321 e. The molecule has 16 heavy (non-hydrogen) atoms. The number of nitrogens with one attached hydrogen (secondary N) is 2. The van der Waals surface area contributed by atoms with E-state index in [1.165, 1.54) is 0 Å². The van der Waals surface area contributed by atoms with Gasteiger partial charge in [-0.2, -0.15) is 0 Å². The van der Waals surface area contributed by atoms with Crippen molar-refractivity contribution in [1.82, 2.24) is 5.43 Å². The van der Waals surface area contributed by atoms with Crippen molar-refractivity contribution in [2.75, 3.05) is 5.43 Å². The average molecular weight is 233 g/mol. The molecule has 0 atom stereocenters. The van der Waals surface area contributed by atoms with Crippen LogP contribution in [0.5, 0.6) is 0 Å². The van der Waals surface area contributed by atoms with Gasteiger partial charge in [-0.1, -0.05) is 41.9 Å². The lowest BCUT2D eigenvalue weighted by molar-refractivity contribution is 0.801. The molecule has 0 aliphatic heterocycles. The Morgan fingerprint density at radius 3 is 2.50 bits per heavy atom. The number of benzene rings is 2. The van der Waals surface area contributed by atoms with Crippen LogP contribution >= 0.6 is 11.6 Å². The normalized spacial score (nSPS) is 10.1. The molecule has 0 saturated heterocycles. The zero-order valence-corrected chi connectivity index (χ0v) is 9.54. The molecule has 3 heteroatoms. The minimum Gasteiger partial charge on any atom is -0.321 e. The molecule has 2 N–H and O–H groups in total. The second-order valence-electron chi connectivity index (χ2n) is 3.47. The van der Waals surface area contributed by atoms with Crippen LogP contribution in [0.3, 0.4) is 0 Å². The third-order valence-corrected chi connectivity index (χ3v) is 2.42. The van der Waals surface area contributed by atoms with E-state index in [0.29, 0.717) is 0 Å². The number of halogens is 1.